The molecule has 0 atom stereocenters. The number of likely N-dealkylation sites (tertiary alicyclic amines) is 1. The summed E-state index contributed by atoms with van der Waals surface area (Å²) in [6, 6.07) is 20.0. The third kappa shape index (κ3) is 4.13. The molecule has 5 rings (SSSR count). The van der Waals surface area contributed by atoms with E-state index in [9.17, 15) is 9.59 Å². The van der Waals surface area contributed by atoms with E-state index < -0.39 is 0 Å². The molecule has 5 heteroatoms. The predicted octanol–water partition coefficient (Wildman–Crippen LogP) is 5.10. The molecule has 33 heavy (non-hydrogen) atoms. The van der Waals surface area contributed by atoms with E-state index in [1.807, 2.05) is 12.1 Å². The fourth-order valence-corrected chi connectivity index (χ4v) is 5.32. The minimum absolute atomic E-state index is 0.152. The van der Waals surface area contributed by atoms with Crippen molar-refractivity contribution < 1.29 is 14.3 Å². The molecule has 2 heterocycles. The van der Waals surface area contributed by atoms with Crippen molar-refractivity contribution in [1.82, 2.24) is 9.80 Å². The smallest absolute Gasteiger partial charge is 0.261 e. The molecule has 2 aliphatic heterocycles. The van der Waals surface area contributed by atoms with Crippen LogP contribution in [-0.4, -0.2) is 54.9 Å². The van der Waals surface area contributed by atoms with Crippen molar-refractivity contribution in [3.63, 3.8) is 0 Å². The topological polar surface area (TPSA) is 49.9 Å². The zero-order chi connectivity index (χ0) is 22.8. The maximum absolute atomic E-state index is 12.5. The van der Waals surface area contributed by atoms with Gasteiger partial charge in [-0.1, -0.05) is 48.5 Å². The third-order valence-corrected chi connectivity index (χ3v) is 7.13. The molecule has 0 aliphatic carbocycles. The number of carbonyl (C=O) groups is 2. The average molecular weight is 443 g/mol. The van der Waals surface area contributed by atoms with Gasteiger partial charge in [0, 0.05) is 11.9 Å². The highest BCUT2D eigenvalue weighted by Gasteiger charge is 2.34. The van der Waals surface area contributed by atoms with Crippen LogP contribution >= 0.6 is 0 Å². The van der Waals surface area contributed by atoms with Crippen molar-refractivity contribution in [2.75, 3.05) is 33.3 Å². The fraction of sp³-hybridized carbons (Fsp3) is 0.357. The monoisotopic (exact) mass is 442 g/mol. The van der Waals surface area contributed by atoms with E-state index in [4.69, 9.17) is 4.74 Å². The number of imide groups is 1. The molecule has 0 bridgehead atoms. The van der Waals surface area contributed by atoms with E-state index in [1.165, 1.54) is 21.2 Å². The Kier molecular flexibility index (Phi) is 6.14. The number of hydrogen-bond acceptors (Lipinski definition) is 4. The van der Waals surface area contributed by atoms with Gasteiger partial charge in [-0.05, 0) is 74.3 Å². The van der Waals surface area contributed by atoms with Gasteiger partial charge in [0.15, 0.2) is 0 Å². The summed E-state index contributed by atoms with van der Waals surface area (Å²) in [5.41, 5.74) is 2.39. The van der Waals surface area contributed by atoms with Gasteiger partial charge in [0.2, 0.25) is 0 Å². The Hall–Kier alpha value is -3.18. The van der Waals surface area contributed by atoms with Crippen LogP contribution in [0.15, 0.2) is 60.7 Å². The Morgan fingerprint density at radius 2 is 1.45 bits per heavy atom. The van der Waals surface area contributed by atoms with Crippen molar-refractivity contribution >= 4 is 22.6 Å². The summed E-state index contributed by atoms with van der Waals surface area (Å²) in [5, 5.41) is 2.40. The zero-order valence-electron chi connectivity index (χ0n) is 19.1. The Labute approximate surface area is 194 Å². The highest BCUT2D eigenvalue weighted by atomic mass is 16.5. The zero-order valence-corrected chi connectivity index (χ0v) is 19.1. The molecule has 0 saturated carbocycles. The number of ether oxygens (including phenoxy) is 1. The molecule has 2 aliphatic rings. The summed E-state index contributed by atoms with van der Waals surface area (Å²) in [4.78, 5) is 28.9. The second-order valence-electron chi connectivity index (χ2n) is 9.04. The van der Waals surface area contributed by atoms with Crippen LogP contribution in [0.4, 0.5) is 0 Å². The van der Waals surface area contributed by atoms with E-state index in [1.54, 1.807) is 19.2 Å². The van der Waals surface area contributed by atoms with E-state index in [-0.39, 0.29) is 11.8 Å². The number of carbonyl (C=O) groups excluding carboxylic acids is 2. The SMILES string of the molecule is COc1c(C2CCN(CCCCN3C(=O)c4ccccc4C3=O)CC2)ccc2ccccc12. The highest BCUT2D eigenvalue weighted by Crippen LogP contribution is 2.38. The van der Waals surface area contributed by atoms with Crippen LogP contribution in [0.3, 0.4) is 0 Å². The van der Waals surface area contributed by atoms with Gasteiger partial charge in [-0.2, -0.15) is 0 Å². The molecule has 0 spiro atoms. The first kappa shape index (κ1) is 21.7. The van der Waals surface area contributed by atoms with Gasteiger partial charge in [-0.15, -0.1) is 0 Å². The lowest BCUT2D eigenvalue weighted by molar-refractivity contribution is 0.0649. The van der Waals surface area contributed by atoms with Crippen molar-refractivity contribution in [3.8, 4) is 5.75 Å². The van der Waals surface area contributed by atoms with Gasteiger partial charge < -0.3 is 9.64 Å². The van der Waals surface area contributed by atoms with Crippen molar-refractivity contribution in [2.24, 2.45) is 0 Å². The first-order valence-corrected chi connectivity index (χ1v) is 11.9. The number of piperidine rings is 1. The quantitative estimate of drug-likeness (QED) is 0.377. The maximum atomic E-state index is 12.5. The molecular weight excluding hydrogens is 412 g/mol. The first-order valence-electron chi connectivity index (χ1n) is 11.9. The van der Waals surface area contributed by atoms with E-state index in [0.29, 0.717) is 23.6 Å². The molecule has 170 valence electrons. The van der Waals surface area contributed by atoms with Gasteiger partial charge in [0.05, 0.1) is 18.2 Å². The summed E-state index contributed by atoms with van der Waals surface area (Å²) in [5.74, 6) is 1.23. The standard InChI is InChI=1S/C28H30N2O3/c1-33-26-22-9-3-2-8-20(22)12-13-23(26)21-14-18-29(19-15-21)16-6-7-17-30-27(31)24-10-4-5-11-25(24)28(30)32/h2-5,8-13,21H,6-7,14-19H2,1H3. The fourth-order valence-electron chi connectivity index (χ4n) is 5.32. The average Bonchev–Trinajstić information content (AvgIpc) is 3.11. The van der Waals surface area contributed by atoms with Crippen LogP contribution < -0.4 is 4.74 Å². The van der Waals surface area contributed by atoms with Crippen LogP contribution in [0.2, 0.25) is 0 Å². The number of hydrogen-bond donors (Lipinski definition) is 0. The lowest BCUT2D eigenvalue weighted by Gasteiger charge is -2.33. The highest BCUT2D eigenvalue weighted by molar-refractivity contribution is 6.21. The van der Waals surface area contributed by atoms with Gasteiger partial charge >= 0.3 is 0 Å². The van der Waals surface area contributed by atoms with Crippen LogP contribution in [0.25, 0.3) is 10.8 Å². The summed E-state index contributed by atoms with van der Waals surface area (Å²) >= 11 is 0. The van der Waals surface area contributed by atoms with Gasteiger partial charge in [-0.25, -0.2) is 0 Å². The van der Waals surface area contributed by atoms with Crippen LogP contribution in [0, 0.1) is 0 Å². The van der Waals surface area contributed by atoms with Gasteiger partial charge in [-0.3, -0.25) is 14.5 Å². The molecule has 3 aromatic carbocycles. The molecule has 2 amide bonds. The minimum atomic E-state index is -0.152. The summed E-state index contributed by atoms with van der Waals surface area (Å²) in [6.07, 6.45) is 4.06. The normalized spacial score (nSPS) is 17.1. The second-order valence-corrected chi connectivity index (χ2v) is 9.04. The van der Waals surface area contributed by atoms with Gasteiger partial charge in [0.1, 0.15) is 5.75 Å². The van der Waals surface area contributed by atoms with Crippen molar-refractivity contribution in [3.05, 3.63) is 77.4 Å². The lowest BCUT2D eigenvalue weighted by atomic mass is 9.87. The molecule has 5 nitrogen and oxygen atoms in total. The Balaban J connectivity index is 1.12. The largest absolute Gasteiger partial charge is 0.496 e. The summed E-state index contributed by atoms with van der Waals surface area (Å²) in [7, 11) is 1.77. The first-order chi connectivity index (χ1) is 16.2. The molecule has 1 saturated heterocycles. The van der Waals surface area contributed by atoms with Gasteiger partial charge in [0.25, 0.3) is 11.8 Å². The van der Waals surface area contributed by atoms with Crippen LogP contribution in [0.1, 0.15) is 57.9 Å². The molecule has 0 N–H and O–H groups in total. The predicted molar refractivity (Wildman–Crippen MR) is 130 cm³/mol. The van der Waals surface area contributed by atoms with Crippen LogP contribution in [0.5, 0.6) is 5.75 Å². The Morgan fingerprint density at radius 1 is 0.818 bits per heavy atom. The Bertz CT molecular complexity index is 1150. The molecule has 0 unspecified atom stereocenters. The number of fused-ring (bicyclic) bond motifs is 2. The number of benzene rings is 3. The van der Waals surface area contributed by atoms with E-state index in [0.717, 1.165) is 51.1 Å². The number of rotatable bonds is 7. The van der Waals surface area contributed by atoms with Crippen molar-refractivity contribution in [2.45, 2.75) is 31.6 Å². The minimum Gasteiger partial charge on any atom is -0.496 e. The van der Waals surface area contributed by atoms with E-state index >= 15 is 0 Å². The number of methoxy groups -OCH3 is 1. The Morgan fingerprint density at radius 3 is 2.15 bits per heavy atom. The summed E-state index contributed by atoms with van der Waals surface area (Å²) < 4.78 is 5.83. The summed E-state index contributed by atoms with van der Waals surface area (Å²) in [6.45, 7) is 3.63. The van der Waals surface area contributed by atoms with Crippen molar-refractivity contribution in [1.29, 1.82) is 0 Å². The third-order valence-electron chi connectivity index (χ3n) is 7.13. The van der Waals surface area contributed by atoms with Crippen LogP contribution in [-0.2, 0) is 0 Å². The number of nitrogens with zero attached hydrogens (tertiary/aromatic N) is 2. The number of unbranched alkanes of at least 4 members (excludes halogenated alkanes) is 1. The number of amides is 2. The maximum Gasteiger partial charge on any atom is 0.261 e. The molecule has 1 fully saturated rings. The molecular formula is C28H30N2O3. The molecule has 3 aromatic rings. The molecule has 0 radical (unpaired) electrons. The lowest BCUT2D eigenvalue weighted by Crippen LogP contribution is -2.35. The second kappa shape index (κ2) is 9.36. The van der Waals surface area contributed by atoms with E-state index in [2.05, 4.69) is 41.3 Å². The molecule has 0 aromatic heterocycles.